The van der Waals surface area contributed by atoms with E-state index in [9.17, 15) is 4.79 Å². The summed E-state index contributed by atoms with van der Waals surface area (Å²) in [6, 6.07) is 15.9. The van der Waals surface area contributed by atoms with Crippen LogP contribution in [0.1, 0.15) is 28.8 Å². The van der Waals surface area contributed by atoms with Gasteiger partial charge in [-0.25, -0.2) is 4.99 Å². The van der Waals surface area contributed by atoms with Gasteiger partial charge < -0.3 is 16.0 Å². The van der Waals surface area contributed by atoms with Crippen molar-refractivity contribution in [3.05, 3.63) is 59.7 Å². The van der Waals surface area contributed by atoms with Crippen molar-refractivity contribution >= 4 is 34.9 Å². The van der Waals surface area contributed by atoms with Crippen LogP contribution in [0.25, 0.3) is 0 Å². The number of hydrogen-bond acceptors (Lipinski definition) is 5. The number of benzene rings is 2. The van der Waals surface area contributed by atoms with Crippen LogP contribution in [0, 0.1) is 0 Å². The molecule has 0 saturated carbocycles. The molecule has 1 amide bonds. The van der Waals surface area contributed by atoms with Crippen LogP contribution in [0.2, 0.25) is 0 Å². The fourth-order valence-corrected chi connectivity index (χ4v) is 4.91. The van der Waals surface area contributed by atoms with E-state index in [0.29, 0.717) is 12.1 Å². The summed E-state index contributed by atoms with van der Waals surface area (Å²) >= 11 is 1.99. The maximum absolute atomic E-state index is 12.2. The summed E-state index contributed by atoms with van der Waals surface area (Å²) < 4.78 is 0. The predicted octanol–water partition coefficient (Wildman–Crippen LogP) is 3.56. The number of nitrogens with zero attached hydrogens (tertiary/aromatic N) is 1. The lowest BCUT2D eigenvalue weighted by molar-refractivity contribution is 0.0962. The molecule has 1 fully saturated rings. The van der Waals surface area contributed by atoms with Crippen LogP contribution in [0.15, 0.2) is 53.5 Å². The number of aliphatic imine (C=N–C) groups is 1. The lowest BCUT2D eigenvalue weighted by Crippen LogP contribution is -2.55. The lowest BCUT2D eigenvalue weighted by atomic mass is 9.88. The Kier molecular flexibility index (Phi) is 5.07. The molecule has 5 nitrogen and oxygen atoms in total. The van der Waals surface area contributed by atoms with E-state index in [2.05, 4.69) is 22.0 Å². The highest BCUT2D eigenvalue weighted by Gasteiger charge is 2.40. The van der Waals surface area contributed by atoms with Crippen LogP contribution in [0.3, 0.4) is 0 Å². The van der Waals surface area contributed by atoms with Gasteiger partial charge in [-0.15, -0.1) is 0 Å². The number of nitrogens with one attached hydrogen (secondary N) is 3. The summed E-state index contributed by atoms with van der Waals surface area (Å²) in [4.78, 5) is 17.1. The van der Waals surface area contributed by atoms with Crippen molar-refractivity contribution in [1.29, 1.82) is 0 Å². The summed E-state index contributed by atoms with van der Waals surface area (Å²) in [5.41, 5.74) is 3.58. The van der Waals surface area contributed by atoms with Gasteiger partial charge in [0.1, 0.15) is 5.84 Å². The van der Waals surface area contributed by atoms with Crippen molar-refractivity contribution in [3.63, 3.8) is 0 Å². The summed E-state index contributed by atoms with van der Waals surface area (Å²) in [5.74, 6) is 3.15. The molecule has 0 bridgehead atoms. The molecular weight excluding hydrogens is 356 g/mol. The molecule has 0 aromatic heterocycles. The zero-order chi connectivity index (χ0) is 18.7. The first kappa shape index (κ1) is 17.9. The number of amides is 1. The minimum absolute atomic E-state index is 0.0646. The summed E-state index contributed by atoms with van der Waals surface area (Å²) in [6.07, 6.45) is 2.07. The van der Waals surface area contributed by atoms with Gasteiger partial charge in [-0.05, 0) is 48.1 Å². The highest BCUT2D eigenvalue weighted by molar-refractivity contribution is 7.99. The molecule has 6 heteroatoms. The monoisotopic (exact) mass is 380 g/mol. The fourth-order valence-electron chi connectivity index (χ4n) is 3.72. The van der Waals surface area contributed by atoms with Gasteiger partial charge in [0.2, 0.25) is 0 Å². The van der Waals surface area contributed by atoms with Crippen LogP contribution >= 0.6 is 11.8 Å². The molecule has 3 N–H and O–H groups in total. The van der Waals surface area contributed by atoms with Gasteiger partial charge in [0.15, 0.2) is 0 Å². The highest BCUT2D eigenvalue weighted by Crippen LogP contribution is 2.39. The SMILES string of the molecule is CNC(=O)c1ccccc1CNC1=Nc2ccccc2NC12CCSCC2. The van der Waals surface area contributed by atoms with Crippen LogP contribution in [0.4, 0.5) is 11.4 Å². The number of thioether (sulfide) groups is 1. The fraction of sp³-hybridized carbons (Fsp3) is 0.333. The first-order chi connectivity index (χ1) is 13.2. The summed E-state index contributed by atoms with van der Waals surface area (Å²) in [6.45, 7) is 0.571. The van der Waals surface area contributed by atoms with Crippen molar-refractivity contribution in [2.45, 2.75) is 24.9 Å². The Morgan fingerprint density at radius 2 is 1.89 bits per heavy atom. The van der Waals surface area contributed by atoms with E-state index in [1.165, 1.54) is 0 Å². The zero-order valence-electron chi connectivity index (χ0n) is 15.4. The Morgan fingerprint density at radius 3 is 2.70 bits per heavy atom. The molecule has 0 radical (unpaired) electrons. The van der Waals surface area contributed by atoms with E-state index in [1.54, 1.807) is 7.05 Å². The average Bonchev–Trinajstić information content (AvgIpc) is 2.72. The van der Waals surface area contributed by atoms with Gasteiger partial charge in [0.05, 0.1) is 16.9 Å². The van der Waals surface area contributed by atoms with E-state index < -0.39 is 0 Å². The second-order valence-corrected chi connectivity index (χ2v) is 8.11. The van der Waals surface area contributed by atoms with Crippen molar-refractivity contribution in [1.82, 2.24) is 10.6 Å². The molecule has 2 aliphatic rings. The molecule has 2 aliphatic heterocycles. The van der Waals surface area contributed by atoms with Crippen LogP contribution in [-0.4, -0.2) is 35.8 Å². The van der Waals surface area contributed by atoms with E-state index in [0.717, 1.165) is 47.1 Å². The molecule has 2 aromatic carbocycles. The van der Waals surface area contributed by atoms with Crippen LogP contribution in [-0.2, 0) is 6.54 Å². The average molecular weight is 381 g/mol. The zero-order valence-corrected chi connectivity index (χ0v) is 16.2. The number of carbonyl (C=O) groups is 1. The third-order valence-electron chi connectivity index (χ3n) is 5.25. The smallest absolute Gasteiger partial charge is 0.251 e. The van der Waals surface area contributed by atoms with Crippen LogP contribution < -0.4 is 16.0 Å². The maximum Gasteiger partial charge on any atom is 0.251 e. The van der Waals surface area contributed by atoms with Crippen molar-refractivity contribution in [2.75, 3.05) is 23.9 Å². The first-order valence-corrected chi connectivity index (χ1v) is 10.5. The van der Waals surface area contributed by atoms with E-state index in [-0.39, 0.29) is 11.4 Å². The second kappa shape index (κ2) is 7.64. The normalized spacial score (nSPS) is 17.4. The molecule has 2 aromatic rings. The van der Waals surface area contributed by atoms with Gasteiger partial charge in [-0.2, -0.15) is 11.8 Å². The first-order valence-electron chi connectivity index (χ1n) is 9.30. The third kappa shape index (κ3) is 3.54. The van der Waals surface area contributed by atoms with E-state index in [4.69, 9.17) is 4.99 Å². The minimum Gasteiger partial charge on any atom is -0.371 e. The van der Waals surface area contributed by atoms with Gasteiger partial charge in [-0.1, -0.05) is 30.3 Å². The number of rotatable bonds is 3. The number of fused-ring (bicyclic) bond motifs is 1. The number of para-hydroxylation sites is 2. The van der Waals surface area contributed by atoms with Gasteiger partial charge in [-0.3, -0.25) is 4.79 Å². The number of hydrogen-bond donors (Lipinski definition) is 3. The molecule has 0 unspecified atom stereocenters. The summed E-state index contributed by atoms with van der Waals surface area (Å²) in [5, 5.41) is 10.0. The Hall–Kier alpha value is -2.47. The Bertz CT molecular complexity index is 874. The van der Waals surface area contributed by atoms with Crippen molar-refractivity contribution in [3.8, 4) is 0 Å². The molecule has 1 saturated heterocycles. The molecule has 2 heterocycles. The maximum atomic E-state index is 12.2. The third-order valence-corrected chi connectivity index (χ3v) is 6.23. The molecular formula is C21H24N4OS. The Morgan fingerprint density at radius 1 is 1.15 bits per heavy atom. The van der Waals surface area contributed by atoms with Gasteiger partial charge in [0, 0.05) is 19.2 Å². The second-order valence-electron chi connectivity index (χ2n) is 6.89. The molecule has 140 valence electrons. The topological polar surface area (TPSA) is 65.5 Å². The molecule has 0 atom stereocenters. The standard InChI is InChI=1S/C21H24N4OS/c1-22-19(26)16-7-3-2-6-15(16)14-23-20-21(10-12-27-13-11-21)25-18-9-5-4-8-17(18)24-20/h2-9,25H,10-14H2,1H3,(H,22,26)(H,23,24). The Labute approximate surface area is 164 Å². The van der Waals surface area contributed by atoms with Crippen molar-refractivity contribution in [2.24, 2.45) is 4.99 Å². The van der Waals surface area contributed by atoms with Crippen molar-refractivity contribution < 1.29 is 4.79 Å². The molecule has 4 rings (SSSR count). The number of carbonyl (C=O) groups excluding carboxylic acids is 1. The lowest BCUT2D eigenvalue weighted by Gasteiger charge is -2.42. The molecule has 1 spiro atoms. The van der Waals surface area contributed by atoms with E-state index in [1.807, 2.05) is 54.2 Å². The number of anilines is 1. The van der Waals surface area contributed by atoms with Crippen LogP contribution in [0.5, 0.6) is 0 Å². The van der Waals surface area contributed by atoms with Gasteiger partial charge >= 0.3 is 0 Å². The quantitative estimate of drug-likeness (QED) is 0.762. The number of amidine groups is 1. The van der Waals surface area contributed by atoms with Gasteiger partial charge in [0.25, 0.3) is 5.91 Å². The Balaban J connectivity index is 1.63. The minimum atomic E-state index is -0.151. The predicted molar refractivity (Wildman–Crippen MR) is 113 cm³/mol. The summed E-state index contributed by atoms with van der Waals surface area (Å²) in [7, 11) is 1.66. The highest BCUT2D eigenvalue weighted by atomic mass is 32.2. The largest absolute Gasteiger partial charge is 0.371 e. The van der Waals surface area contributed by atoms with E-state index >= 15 is 0 Å². The molecule has 0 aliphatic carbocycles. The molecule has 27 heavy (non-hydrogen) atoms.